The second kappa shape index (κ2) is 7.96. The Labute approximate surface area is 178 Å². The van der Waals surface area contributed by atoms with E-state index in [-0.39, 0.29) is 36.0 Å². The molecule has 0 bridgehead atoms. The topological polar surface area (TPSA) is 40.6 Å². The van der Waals surface area contributed by atoms with E-state index in [2.05, 4.69) is 0 Å². The van der Waals surface area contributed by atoms with Crippen LogP contribution in [-0.4, -0.2) is 35.8 Å². The molecule has 162 valence electrons. The third-order valence-electron chi connectivity index (χ3n) is 6.01. The zero-order valence-electron chi connectivity index (χ0n) is 17.3. The number of carbonyl (C=O) groups is 2. The van der Waals surface area contributed by atoms with Crippen LogP contribution in [0.2, 0.25) is 0 Å². The van der Waals surface area contributed by atoms with Gasteiger partial charge in [-0.3, -0.25) is 9.59 Å². The van der Waals surface area contributed by atoms with E-state index in [1.807, 2.05) is 30.3 Å². The summed E-state index contributed by atoms with van der Waals surface area (Å²) in [5.74, 6) is -1.54. The van der Waals surface area contributed by atoms with Gasteiger partial charge in [0.2, 0.25) is 5.91 Å². The number of halogens is 3. The molecule has 0 N–H and O–H groups in total. The SMILES string of the molecule is CN(C)N1C(=O)C[C@@H](c2ccccc2C(F)(F)F)C2=C1C[C@H](c1ccccc1)CC2=O. The molecule has 2 atom stereocenters. The van der Waals surface area contributed by atoms with Crippen molar-refractivity contribution in [3.05, 3.63) is 82.6 Å². The standard InChI is InChI=1S/C24H23F3N2O2/c1-28(2)29-20-12-16(15-8-4-3-5-9-15)13-21(30)23(20)18(14-22(29)31)17-10-6-7-11-19(17)24(25,26)27/h3-11,16,18H,12-14H2,1-2H3/t16-,18-/m0/s1. The Hall–Kier alpha value is -2.93. The van der Waals surface area contributed by atoms with Crippen LogP contribution in [-0.2, 0) is 15.8 Å². The number of nitrogens with zero attached hydrogens (tertiary/aromatic N) is 2. The largest absolute Gasteiger partial charge is 0.416 e. The van der Waals surface area contributed by atoms with Crippen molar-refractivity contribution in [2.45, 2.75) is 37.3 Å². The molecule has 1 amide bonds. The molecule has 4 nitrogen and oxygen atoms in total. The van der Waals surface area contributed by atoms with Crippen LogP contribution in [0.5, 0.6) is 0 Å². The Morgan fingerprint density at radius 1 is 0.903 bits per heavy atom. The fourth-order valence-corrected chi connectivity index (χ4v) is 4.77. The summed E-state index contributed by atoms with van der Waals surface area (Å²) in [6, 6.07) is 14.8. The lowest BCUT2D eigenvalue weighted by Crippen LogP contribution is -2.48. The lowest BCUT2D eigenvalue weighted by atomic mass is 9.72. The highest BCUT2D eigenvalue weighted by atomic mass is 19.4. The van der Waals surface area contributed by atoms with Crippen LogP contribution >= 0.6 is 0 Å². The first-order valence-electron chi connectivity index (χ1n) is 10.2. The van der Waals surface area contributed by atoms with Crippen LogP contribution < -0.4 is 0 Å². The molecule has 0 unspecified atom stereocenters. The number of Topliss-reactive ketones (excluding diaryl/α,β-unsaturated/α-hetero) is 1. The van der Waals surface area contributed by atoms with Gasteiger partial charge in [0.15, 0.2) is 5.78 Å². The van der Waals surface area contributed by atoms with Gasteiger partial charge < -0.3 is 0 Å². The van der Waals surface area contributed by atoms with E-state index in [0.717, 1.165) is 11.6 Å². The average Bonchev–Trinajstić information content (AvgIpc) is 2.72. The summed E-state index contributed by atoms with van der Waals surface area (Å²) in [5.41, 5.74) is 1.01. The smallest absolute Gasteiger partial charge is 0.294 e. The van der Waals surface area contributed by atoms with Gasteiger partial charge >= 0.3 is 6.18 Å². The molecule has 0 fully saturated rings. The quantitative estimate of drug-likeness (QED) is 0.698. The van der Waals surface area contributed by atoms with Crippen molar-refractivity contribution >= 4 is 11.7 Å². The highest BCUT2D eigenvalue weighted by molar-refractivity contribution is 6.02. The van der Waals surface area contributed by atoms with Gasteiger partial charge in [-0.2, -0.15) is 13.2 Å². The molecule has 2 aromatic rings. The van der Waals surface area contributed by atoms with Crippen molar-refractivity contribution in [2.75, 3.05) is 14.1 Å². The Morgan fingerprint density at radius 2 is 1.55 bits per heavy atom. The number of benzene rings is 2. The third kappa shape index (κ3) is 3.90. The first kappa shape index (κ1) is 21.3. The Bertz CT molecular complexity index is 1040. The maximum atomic E-state index is 13.7. The van der Waals surface area contributed by atoms with Gasteiger partial charge in [0.25, 0.3) is 0 Å². The van der Waals surface area contributed by atoms with Gasteiger partial charge in [-0.1, -0.05) is 48.5 Å². The second-order valence-electron chi connectivity index (χ2n) is 8.19. The molecule has 0 aromatic heterocycles. The van der Waals surface area contributed by atoms with Crippen LogP contribution in [0.1, 0.15) is 47.8 Å². The molecule has 0 spiro atoms. The Kier molecular flexibility index (Phi) is 5.47. The Morgan fingerprint density at radius 3 is 2.19 bits per heavy atom. The third-order valence-corrected chi connectivity index (χ3v) is 6.01. The zero-order chi connectivity index (χ0) is 22.3. The summed E-state index contributed by atoms with van der Waals surface area (Å²) in [7, 11) is 3.40. The van der Waals surface area contributed by atoms with E-state index in [9.17, 15) is 22.8 Å². The molecule has 2 aliphatic rings. The average molecular weight is 428 g/mol. The van der Waals surface area contributed by atoms with Crippen LogP contribution in [0.3, 0.4) is 0 Å². The number of carbonyl (C=O) groups excluding carboxylic acids is 2. The minimum atomic E-state index is -4.57. The molecule has 2 aromatic carbocycles. The number of rotatable bonds is 3. The lowest BCUT2D eigenvalue weighted by molar-refractivity contribution is -0.144. The molecule has 31 heavy (non-hydrogen) atoms. The first-order chi connectivity index (χ1) is 14.7. The van der Waals surface area contributed by atoms with Crippen molar-refractivity contribution in [1.82, 2.24) is 10.0 Å². The van der Waals surface area contributed by atoms with E-state index in [4.69, 9.17) is 0 Å². The molecule has 0 saturated heterocycles. The highest BCUT2D eigenvalue weighted by Gasteiger charge is 2.45. The molecule has 1 aliphatic carbocycles. The number of amides is 1. The van der Waals surface area contributed by atoms with E-state index >= 15 is 0 Å². The summed E-state index contributed by atoms with van der Waals surface area (Å²) in [6.07, 6.45) is -4.11. The monoisotopic (exact) mass is 428 g/mol. The van der Waals surface area contributed by atoms with Gasteiger partial charge in [0.1, 0.15) is 0 Å². The molecular formula is C24H23F3N2O2. The molecule has 7 heteroatoms. The van der Waals surface area contributed by atoms with Crippen molar-refractivity contribution < 1.29 is 22.8 Å². The van der Waals surface area contributed by atoms with Gasteiger partial charge in [0.05, 0.1) is 5.56 Å². The fourth-order valence-electron chi connectivity index (χ4n) is 4.77. The first-order valence-corrected chi connectivity index (χ1v) is 10.2. The van der Waals surface area contributed by atoms with Crippen LogP contribution in [0.25, 0.3) is 0 Å². The maximum absolute atomic E-state index is 13.7. The summed E-state index contributed by atoms with van der Waals surface area (Å²) >= 11 is 0. The van der Waals surface area contributed by atoms with Crippen molar-refractivity contribution in [1.29, 1.82) is 0 Å². The molecule has 0 saturated carbocycles. The van der Waals surface area contributed by atoms with Crippen LogP contribution in [0, 0.1) is 0 Å². The van der Waals surface area contributed by atoms with Gasteiger partial charge in [-0.05, 0) is 29.5 Å². The minimum absolute atomic E-state index is 0.0132. The number of hydrazine groups is 1. The predicted octanol–water partition coefficient (Wildman–Crippen LogP) is 4.90. The number of alkyl halides is 3. The number of ketones is 1. The summed E-state index contributed by atoms with van der Waals surface area (Å²) in [4.78, 5) is 26.4. The molecular weight excluding hydrogens is 405 g/mol. The molecule has 1 aliphatic heterocycles. The van der Waals surface area contributed by atoms with Gasteiger partial charge in [-0.25, -0.2) is 10.0 Å². The number of hydrogen-bond acceptors (Lipinski definition) is 3. The predicted molar refractivity (Wildman–Crippen MR) is 110 cm³/mol. The molecule has 4 rings (SSSR count). The van der Waals surface area contributed by atoms with Gasteiger partial charge in [0, 0.05) is 44.1 Å². The maximum Gasteiger partial charge on any atom is 0.416 e. The van der Waals surface area contributed by atoms with Gasteiger partial charge in [-0.15, -0.1) is 0 Å². The van der Waals surface area contributed by atoms with E-state index in [0.29, 0.717) is 17.7 Å². The highest BCUT2D eigenvalue weighted by Crippen LogP contribution is 2.48. The lowest BCUT2D eigenvalue weighted by Gasteiger charge is -2.43. The van der Waals surface area contributed by atoms with Crippen molar-refractivity contribution in [3.8, 4) is 0 Å². The minimum Gasteiger partial charge on any atom is -0.294 e. The number of hydrogen-bond donors (Lipinski definition) is 0. The van der Waals surface area contributed by atoms with Crippen LogP contribution in [0.4, 0.5) is 13.2 Å². The van der Waals surface area contributed by atoms with Crippen LogP contribution in [0.15, 0.2) is 65.9 Å². The normalized spacial score (nSPS) is 22.2. The number of allylic oxidation sites excluding steroid dienone is 2. The second-order valence-corrected chi connectivity index (χ2v) is 8.19. The summed E-state index contributed by atoms with van der Waals surface area (Å²) < 4.78 is 41.1. The molecule has 0 radical (unpaired) electrons. The van der Waals surface area contributed by atoms with E-state index in [1.165, 1.54) is 23.2 Å². The fraction of sp³-hybridized carbons (Fsp3) is 0.333. The summed E-state index contributed by atoms with van der Waals surface area (Å²) in [5, 5.41) is 3.05. The molecule has 1 heterocycles. The van der Waals surface area contributed by atoms with Crippen molar-refractivity contribution in [2.24, 2.45) is 0 Å². The van der Waals surface area contributed by atoms with E-state index < -0.39 is 17.7 Å². The van der Waals surface area contributed by atoms with Crippen molar-refractivity contribution in [3.63, 3.8) is 0 Å². The Balaban J connectivity index is 1.86. The summed E-state index contributed by atoms with van der Waals surface area (Å²) in [6.45, 7) is 0. The zero-order valence-corrected chi connectivity index (χ0v) is 17.3. The van der Waals surface area contributed by atoms with E-state index in [1.54, 1.807) is 19.1 Å².